The van der Waals surface area contributed by atoms with Crippen LogP contribution in [0, 0.1) is 5.92 Å². The van der Waals surface area contributed by atoms with E-state index in [0.717, 1.165) is 11.5 Å². The topological polar surface area (TPSA) is 120 Å². The number of hydrogen-bond donors (Lipinski definition) is 3. The van der Waals surface area contributed by atoms with Gasteiger partial charge in [-0.15, -0.1) is 0 Å². The largest absolute Gasteiger partial charge is 0.481 e. The lowest BCUT2D eigenvalue weighted by atomic mass is 10.1. The minimum absolute atomic E-state index is 0.0828. The average Bonchev–Trinajstić information content (AvgIpc) is 3.25. The highest BCUT2D eigenvalue weighted by atomic mass is 32.2. The lowest BCUT2D eigenvalue weighted by Crippen LogP contribution is -2.37. The number of nitrogens with one attached hydrogen (secondary N) is 2. The van der Waals surface area contributed by atoms with Crippen molar-refractivity contribution in [1.82, 2.24) is 14.6 Å². The van der Waals surface area contributed by atoms with Crippen LogP contribution in [0.15, 0.2) is 17.2 Å². The maximum Gasteiger partial charge on any atom is 0.306 e. The number of carboxylic acid groups (broad SMARTS) is 1. The summed E-state index contributed by atoms with van der Waals surface area (Å²) in [7, 11) is -3.59. The second-order valence-corrected chi connectivity index (χ2v) is 9.45. The number of thioether (sulfide) groups is 1. The molecule has 3 rings (SSSR count). The van der Waals surface area contributed by atoms with E-state index in [-0.39, 0.29) is 16.6 Å². The SMILES string of the molecule is O=C(N[C@H]1CC[C@@H](C(=O)O)C1)c1cc(S(=O)(=O)N2CCSCC2)c[nH]1. The predicted octanol–water partition coefficient (Wildman–Crippen LogP) is 0.735. The molecule has 2 fully saturated rings. The van der Waals surface area contributed by atoms with Crippen LogP contribution in [0.2, 0.25) is 0 Å². The van der Waals surface area contributed by atoms with Gasteiger partial charge in [-0.2, -0.15) is 16.1 Å². The molecule has 2 heterocycles. The predicted molar refractivity (Wildman–Crippen MR) is 93.1 cm³/mol. The summed E-state index contributed by atoms with van der Waals surface area (Å²) in [5.41, 5.74) is 0.170. The molecule has 1 saturated carbocycles. The highest BCUT2D eigenvalue weighted by molar-refractivity contribution is 7.99. The van der Waals surface area contributed by atoms with Crippen molar-refractivity contribution in [2.75, 3.05) is 24.6 Å². The summed E-state index contributed by atoms with van der Waals surface area (Å²) in [5, 5.41) is 11.8. The number of aromatic nitrogens is 1. The lowest BCUT2D eigenvalue weighted by Gasteiger charge is -2.24. The highest BCUT2D eigenvalue weighted by Crippen LogP contribution is 2.26. The maximum atomic E-state index is 12.6. The molecule has 1 aliphatic heterocycles. The van der Waals surface area contributed by atoms with Gasteiger partial charge in [-0.3, -0.25) is 9.59 Å². The van der Waals surface area contributed by atoms with Crippen molar-refractivity contribution in [3.05, 3.63) is 18.0 Å². The van der Waals surface area contributed by atoms with Crippen molar-refractivity contribution in [3.8, 4) is 0 Å². The Hall–Kier alpha value is -1.52. The summed E-state index contributed by atoms with van der Waals surface area (Å²) >= 11 is 1.72. The minimum atomic E-state index is -3.59. The highest BCUT2D eigenvalue weighted by Gasteiger charge is 2.32. The first kappa shape index (κ1) is 18.3. The van der Waals surface area contributed by atoms with Gasteiger partial charge in [-0.05, 0) is 25.3 Å². The molecular weight excluding hydrogens is 366 g/mol. The number of aromatic amines is 1. The van der Waals surface area contributed by atoms with Crippen LogP contribution in [0.3, 0.4) is 0 Å². The van der Waals surface area contributed by atoms with E-state index < -0.39 is 27.8 Å². The van der Waals surface area contributed by atoms with E-state index in [9.17, 15) is 18.0 Å². The van der Waals surface area contributed by atoms with Crippen molar-refractivity contribution in [1.29, 1.82) is 0 Å². The number of rotatable bonds is 5. The third-order valence-corrected chi connectivity index (χ3v) is 7.44. The van der Waals surface area contributed by atoms with Crippen molar-refractivity contribution < 1.29 is 23.1 Å². The van der Waals surface area contributed by atoms with Gasteiger partial charge in [0.25, 0.3) is 5.91 Å². The van der Waals surface area contributed by atoms with Crippen LogP contribution in [0.4, 0.5) is 0 Å². The van der Waals surface area contributed by atoms with Gasteiger partial charge in [0.15, 0.2) is 0 Å². The zero-order valence-corrected chi connectivity index (χ0v) is 15.2. The fourth-order valence-corrected chi connectivity index (χ4v) is 5.76. The van der Waals surface area contributed by atoms with Crippen LogP contribution >= 0.6 is 11.8 Å². The van der Waals surface area contributed by atoms with Gasteiger partial charge in [0.05, 0.1) is 5.92 Å². The Labute approximate surface area is 150 Å². The summed E-state index contributed by atoms with van der Waals surface area (Å²) in [6, 6.07) is 1.15. The molecule has 2 atom stereocenters. The molecule has 3 N–H and O–H groups in total. The lowest BCUT2D eigenvalue weighted by molar-refractivity contribution is -0.141. The second kappa shape index (κ2) is 7.38. The maximum absolute atomic E-state index is 12.6. The molecule has 0 radical (unpaired) electrons. The first-order valence-corrected chi connectivity index (χ1v) is 10.8. The molecular formula is C15H21N3O5S2. The van der Waals surface area contributed by atoms with Crippen molar-refractivity contribution in [2.45, 2.75) is 30.2 Å². The molecule has 1 aliphatic carbocycles. The number of carbonyl (C=O) groups is 2. The number of hydrogen-bond acceptors (Lipinski definition) is 5. The minimum Gasteiger partial charge on any atom is -0.481 e. The number of carboxylic acids is 1. The van der Waals surface area contributed by atoms with Gasteiger partial charge in [-0.1, -0.05) is 0 Å². The van der Waals surface area contributed by atoms with Crippen molar-refractivity contribution >= 4 is 33.7 Å². The number of H-pyrrole nitrogens is 1. The summed E-state index contributed by atoms with van der Waals surface area (Å²) in [4.78, 5) is 26.1. The molecule has 0 bridgehead atoms. The van der Waals surface area contributed by atoms with E-state index in [0.29, 0.717) is 32.4 Å². The van der Waals surface area contributed by atoms with Crippen LogP contribution in [-0.4, -0.2) is 65.3 Å². The van der Waals surface area contributed by atoms with E-state index >= 15 is 0 Å². The quantitative estimate of drug-likeness (QED) is 0.685. The van der Waals surface area contributed by atoms with Gasteiger partial charge in [-0.25, -0.2) is 8.42 Å². The fourth-order valence-electron chi connectivity index (χ4n) is 3.19. The molecule has 0 aromatic carbocycles. The van der Waals surface area contributed by atoms with Crippen LogP contribution < -0.4 is 5.32 Å². The molecule has 8 nitrogen and oxygen atoms in total. The third-order valence-electron chi connectivity index (χ3n) is 4.63. The summed E-state index contributed by atoms with van der Waals surface area (Å²) in [5.74, 6) is -0.148. The second-order valence-electron chi connectivity index (χ2n) is 6.28. The van der Waals surface area contributed by atoms with Crippen LogP contribution in [-0.2, 0) is 14.8 Å². The first-order chi connectivity index (χ1) is 11.9. The Balaban J connectivity index is 1.64. The Morgan fingerprint density at radius 1 is 1.28 bits per heavy atom. The molecule has 1 amide bonds. The van der Waals surface area contributed by atoms with Crippen LogP contribution in [0.5, 0.6) is 0 Å². The molecule has 0 unspecified atom stereocenters. The third kappa shape index (κ3) is 4.01. The zero-order valence-electron chi connectivity index (χ0n) is 13.6. The Morgan fingerprint density at radius 2 is 2.00 bits per heavy atom. The Morgan fingerprint density at radius 3 is 2.64 bits per heavy atom. The normalized spacial score (nSPS) is 25.0. The van der Waals surface area contributed by atoms with E-state index in [4.69, 9.17) is 5.11 Å². The average molecular weight is 387 g/mol. The summed E-state index contributed by atoms with van der Waals surface area (Å²) < 4.78 is 26.6. The van der Waals surface area contributed by atoms with Gasteiger partial charge >= 0.3 is 5.97 Å². The fraction of sp³-hybridized carbons (Fsp3) is 0.600. The van der Waals surface area contributed by atoms with E-state index in [2.05, 4.69) is 10.3 Å². The van der Waals surface area contributed by atoms with Crippen LogP contribution in [0.1, 0.15) is 29.8 Å². The zero-order chi connectivity index (χ0) is 18.0. The Kier molecular flexibility index (Phi) is 5.40. The van der Waals surface area contributed by atoms with Gasteiger partial charge in [0, 0.05) is 36.8 Å². The monoisotopic (exact) mass is 387 g/mol. The number of aliphatic carboxylic acids is 1. The van der Waals surface area contributed by atoms with Crippen molar-refractivity contribution in [2.24, 2.45) is 5.92 Å². The standard InChI is InChI=1S/C15H21N3O5S2/c19-14(17-11-2-1-10(7-11)15(20)21)13-8-12(9-16-13)25(22,23)18-3-5-24-6-4-18/h8-11,16H,1-7H2,(H,17,19)(H,20,21)/t10-,11+/m1/s1. The van der Waals surface area contributed by atoms with Gasteiger partial charge < -0.3 is 15.4 Å². The molecule has 25 heavy (non-hydrogen) atoms. The number of nitrogens with zero attached hydrogens (tertiary/aromatic N) is 1. The molecule has 138 valence electrons. The number of amides is 1. The van der Waals surface area contributed by atoms with Crippen LogP contribution in [0.25, 0.3) is 0 Å². The van der Waals surface area contributed by atoms with Gasteiger partial charge in [0.1, 0.15) is 10.6 Å². The Bertz CT molecular complexity index is 755. The van der Waals surface area contributed by atoms with E-state index in [1.807, 2.05) is 0 Å². The summed E-state index contributed by atoms with van der Waals surface area (Å²) in [6.45, 7) is 0.941. The van der Waals surface area contributed by atoms with Gasteiger partial charge in [0.2, 0.25) is 10.0 Å². The molecule has 1 aromatic heterocycles. The smallest absolute Gasteiger partial charge is 0.306 e. The number of sulfonamides is 1. The molecule has 1 aromatic rings. The first-order valence-electron chi connectivity index (χ1n) is 8.18. The van der Waals surface area contributed by atoms with E-state index in [1.54, 1.807) is 11.8 Å². The summed E-state index contributed by atoms with van der Waals surface area (Å²) in [6.07, 6.45) is 2.89. The molecule has 0 spiro atoms. The van der Waals surface area contributed by atoms with E-state index in [1.165, 1.54) is 16.6 Å². The number of carbonyl (C=O) groups excluding carboxylic acids is 1. The molecule has 1 saturated heterocycles. The molecule has 10 heteroatoms. The molecule has 2 aliphatic rings. The van der Waals surface area contributed by atoms with Crippen molar-refractivity contribution in [3.63, 3.8) is 0 Å².